The third kappa shape index (κ3) is 17.2. The smallest absolute Gasteiger partial charge is 0.243 e. The molecule has 0 aliphatic rings. The normalized spacial score (nSPS) is 13.2. The van der Waals surface area contributed by atoms with Crippen molar-refractivity contribution >= 4 is 11.8 Å². The van der Waals surface area contributed by atoms with Crippen molar-refractivity contribution in [2.45, 2.75) is 59.4 Å². The van der Waals surface area contributed by atoms with Gasteiger partial charge in [-0.05, 0) is 25.3 Å². The number of rotatable bonds is 14. The molecule has 0 aromatic rings. The van der Waals surface area contributed by atoms with Crippen LogP contribution in [0.2, 0.25) is 0 Å². The second kappa shape index (κ2) is 20.1. The molecule has 4 N–H and O–H groups in total. The molecule has 0 spiro atoms. The predicted octanol–water partition coefficient (Wildman–Crippen LogP) is 4.18. The molecule has 0 aromatic carbocycles. The lowest BCUT2D eigenvalue weighted by Crippen LogP contribution is -2.22. The highest BCUT2D eigenvalue weighted by Gasteiger charge is 2.02. The summed E-state index contributed by atoms with van der Waals surface area (Å²) in [5, 5.41) is 14.4. The fourth-order valence-corrected chi connectivity index (χ4v) is 1.99. The summed E-state index contributed by atoms with van der Waals surface area (Å²) in [6.45, 7) is 16.2. The molecule has 0 radical (unpaired) electrons. The Morgan fingerprint density at radius 1 is 1.00 bits per heavy atom. The fraction of sp³-hybridized carbons (Fsp3) is 0.478. The number of allylic oxidation sites excluding steroid dienone is 5. The van der Waals surface area contributed by atoms with Crippen LogP contribution in [-0.2, 0) is 9.59 Å². The van der Waals surface area contributed by atoms with Crippen molar-refractivity contribution in [1.29, 1.82) is 0 Å². The van der Waals surface area contributed by atoms with Crippen LogP contribution in [0, 0.1) is 5.92 Å². The first-order chi connectivity index (χ1) is 13.9. The molecule has 2 amide bonds. The quantitative estimate of drug-likeness (QED) is 0.0871. The van der Waals surface area contributed by atoms with Gasteiger partial charge < -0.3 is 10.6 Å². The van der Waals surface area contributed by atoms with E-state index in [1.807, 2.05) is 58.2 Å². The summed E-state index contributed by atoms with van der Waals surface area (Å²) in [4.78, 5) is 22.6. The number of amides is 2. The first kappa shape index (κ1) is 28.6. The number of carbonyl (C=O) groups is 2. The van der Waals surface area contributed by atoms with Gasteiger partial charge in [0.15, 0.2) is 0 Å². The van der Waals surface area contributed by atoms with Gasteiger partial charge in [0, 0.05) is 37.2 Å². The van der Waals surface area contributed by atoms with Crippen molar-refractivity contribution in [2.24, 2.45) is 5.92 Å². The van der Waals surface area contributed by atoms with Crippen LogP contribution in [-0.4, -0.2) is 29.6 Å². The number of nitrogens with one attached hydrogen (secondary N) is 3. The summed E-state index contributed by atoms with van der Waals surface area (Å²) in [5.74, 6) is -0.364. The Morgan fingerprint density at radius 2 is 1.66 bits per heavy atom. The standard InChI is InChI=1S/C21H33N3O3.C2H6/c1-5-17(3)19(16-23-18(4)6-2)12-9-10-13-20(25)22-15-11-7-8-14-21(26)24-27;1-2/h5-6,9-10,12-13,16-18,23,27H,1-2,7-8,11,14-15H2,3-4H3,(H,22,25)(H,24,26);1-2H3/b12-9+,13-10+,19-16-;. The first-order valence-electron chi connectivity index (χ1n) is 10.2. The number of hydrogen-bond acceptors (Lipinski definition) is 4. The molecule has 0 fully saturated rings. The van der Waals surface area contributed by atoms with Gasteiger partial charge in [0.2, 0.25) is 11.8 Å². The van der Waals surface area contributed by atoms with Crippen LogP contribution < -0.4 is 16.1 Å². The zero-order valence-electron chi connectivity index (χ0n) is 18.4. The zero-order valence-corrected chi connectivity index (χ0v) is 18.4. The van der Waals surface area contributed by atoms with Crippen LogP contribution in [0.1, 0.15) is 53.4 Å². The molecule has 164 valence electrons. The van der Waals surface area contributed by atoms with E-state index >= 15 is 0 Å². The van der Waals surface area contributed by atoms with Crippen LogP contribution in [0.4, 0.5) is 0 Å². The largest absolute Gasteiger partial charge is 0.385 e. The van der Waals surface area contributed by atoms with E-state index in [0.717, 1.165) is 18.4 Å². The van der Waals surface area contributed by atoms with E-state index in [0.29, 0.717) is 13.0 Å². The fourth-order valence-electron chi connectivity index (χ4n) is 1.99. The molecular weight excluding hydrogens is 366 g/mol. The van der Waals surface area contributed by atoms with Crippen molar-refractivity contribution in [3.8, 4) is 0 Å². The van der Waals surface area contributed by atoms with Crippen LogP contribution in [0.15, 0.2) is 61.4 Å². The summed E-state index contributed by atoms with van der Waals surface area (Å²) in [7, 11) is 0. The summed E-state index contributed by atoms with van der Waals surface area (Å²) in [6.07, 6.45) is 15.1. The molecule has 0 rings (SSSR count). The molecule has 0 aromatic heterocycles. The lowest BCUT2D eigenvalue weighted by Gasteiger charge is -2.11. The highest BCUT2D eigenvalue weighted by Crippen LogP contribution is 2.12. The Morgan fingerprint density at radius 3 is 2.24 bits per heavy atom. The monoisotopic (exact) mass is 405 g/mol. The molecule has 0 saturated heterocycles. The Kier molecular flexibility index (Phi) is 19.9. The zero-order chi connectivity index (χ0) is 22.5. The Balaban J connectivity index is 0. The molecule has 29 heavy (non-hydrogen) atoms. The van der Waals surface area contributed by atoms with E-state index in [-0.39, 0.29) is 30.2 Å². The van der Waals surface area contributed by atoms with Crippen LogP contribution in [0.25, 0.3) is 0 Å². The topological polar surface area (TPSA) is 90.5 Å². The molecule has 0 heterocycles. The van der Waals surface area contributed by atoms with Gasteiger partial charge in [-0.1, -0.05) is 57.6 Å². The number of hydrogen-bond donors (Lipinski definition) is 4. The van der Waals surface area contributed by atoms with E-state index < -0.39 is 0 Å². The molecule has 6 heteroatoms. The lowest BCUT2D eigenvalue weighted by molar-refractivity contribution is -0.129. The van der Waals surface area contributed by atoms with E-state index in [1.165, 1.54) is 6.08 Å². The number of hydroxylamine groups is 1. The summed E-state index contributed by atoms with van der Waals surface area (Å²) in [5.41, 5.74) is 2.65. The minimum absolute atomic E-state index is 0.159. The molecule has 2 unspecified atom stereocenters. The maximum Gasteiger partial charge on any atom is 0.243 e. The second-order valence-electron chi connectivity index (χ2n) is 6.21. The first-order valence-corrected chi connectivity index (χ1v) is 10.2. The van der Waals surface area contributed by atoms with Gasteiger partial charge in [-0.2, -0.15) is 0 Å². The number of unbranched alkanes of at least 4 members (excludes halogenated alkanes) is 2. The molecular formula is C23H39N3O3. The Bertz CT molecular complexity index is 566. The van der Waals surface area contributed by atoms with Gasteiger partial charge in [0.25, 0.3) is 0 Å². The lowest BCUT2D eigenvalue weighted by atomic mass is 10.0. The van der Waals surface area contributed by atoms with Crippen molar-refractivity contribution in [1.82, 2.24) is 16.1 Å². The van der Waals surface area contributed by atoms with E-state index in [1.54, 1.807) is 11.6 Å². The van der Waals surface area contributed by atoms with Gasteiger partial charge in [0.05, 0.1) is 0 Å². The van der Waals surface area contributed by atoms with Crippen molar-refractivity contribution < 1.29 is 14.8 Å². The average Bonchev–Trinajstić information content (AvgIpc) is 2.75. The molecule has 6 nitrogen and oxygen atoms in total. The Labute approximate surface area is 176 Å². The average molecular weight is 406 g/mol. The summed E-state index contributed by atoms with van der Waals surface area (Å²) < 4.78 is 0. The van der Waals surface area contributed by atoms with E-state index in [2.05, 4.69) is 23.8 Å². The molecule has 0 saturated carbocycles. The molecule has 2 atom stereocenters. The highest BCUT2D eigenvalue weighted by atomic mass is 16.5. The minimum atomic E-state index is -0.387. The van der Waals surface area contributed by atoms with Crippen molar-refractivity contribution in [2.75, 3.05) is 6.54 Å². The molecule has 0 aliphatic carbocycles. The summed E-state index contributed by atoms with van der Waals surface area (Å²) in [6, 6.07) is 0.171. The molecule has 0 aliphatic heterocycles. The third-order valence-corrected chi connectivity index (χ3v) is 3.90. The Hall–Kier alpha value is -2.60. The van der Waals surface area contributed by atoms with Gasteiger partial charge in [-0.3, -0.25) is 14.8 Å². The van der Waals surface area contributed by atoms with Crippen LogP contribution in [0.3, 0.4) is 0 Å². The van der Waals surface area contributed by atoms with E-state index in [9.17, 15) is 9.59 Å². The van der Waals surface area contributed by atoms with Gasteiger partial charge >= 0.3 is 0 Å². The van der Waals surface area contributed by atoms with Gasteiger partial charge in [-0.25, -0.2) is 5.48 Å². The maximum absolute atomic E-state index is 11.7. The molecule has 0 bridgehead atoms. The van der Waals surface area contributed by atoms with Gasteiger partial charge in [-0.15, -0.1) is 13.2 Å². The van der Waals surface area contributed by atoms with Crippen molar-refractivity contribution in [3.05, 3.63) is 61.4 Å². The summed E-state index contributed by atoms with van der Waals surface area (Å²) >= 11 is 0. The van der Waals surface area contributed by atoms with Crippen molar-refractivity contribution in [3.63, 3.8) is 0 Å². The SMILES string of the molecule is C=CC(C)N/C=C(/C=C/C=C/C(=O)NCCCCCC(=O)NO)C(C)C=C.CC. The number of carbonyl (C=O) groups excluding carboxylic acids is 2. The van der Waals surface area contributed by atoms with E-state index in [4.69, 9.17) is 5.21 Å². The second-order valence-corrected chi connectivity index (χ2v) is 6.21. The maximum atomic E-state index is 11.7. The van der Waals surface area contributed by atoms with Gasteiger partial charge in [0.1, 0.15) is 0 Å². The van der Waals surface area contributed by atoms with Crippen LogP contribution >= 0.6 is 0 Å². The predicted molar refractivity (Wildman–Crippen MR) is 121 cm³/mol. The highest BCUT2D eigenvalue weighted by molar-refractivity contribution is 5.87. The third-order valence-electron chi connectivity index (χ3n) is 3.90. The minimum Gasteiger partial charge on any atom is -0.385 e. The van der Waals surface area contributed by atoms with Crippen LogP contribution in [0.5, 0.6) is 0 Å².